The molecule has 1 aromatic carbocycles. The molecule has 0 N–H and O–H groups in total. The van der Waals surface area contributed by atoms with E-state index < -0.39 is 11.9 Å². The van der Waals surface area contributed by atoms with Gasteiger partial charge in [0.25, 0.3) is 5.91 Å². The smallest absolute Gasteiger partial charge is 0.362 e. The van der Waals surface area contributed by atoms with Gasteiger partial charge in [-0.3, -0.25) is 4.79 Å². The lowest BCUT2D eigenvalue weighted by atomic mass is 10.2. The molecule has 116 valence electrons. The van der Waals surface area contributed by atoms with Gasteiger partial charge in [0.1, 0.15) is 0 Å². The second kappa shape index (κ2) is 6.40. The first-order chi connectivity index (χ1) is 11.2. The fraction of sp³-hybridized carbons (Fsp3) is 0.154. The number of nitrogens with zero attached hydrogens (tertiary/aromatic N) is 6. The third-order valence-corrected chi connectivity index (χ3v) is 3.36. The highest BCUT2D eigenvalue weighted by atomic mass is 32.1. The number of carbonyl (C=O) groups is 2. The largest absolute Gasteiger partial charge is 0.461 e. The van der Waals surface area contributed by atoms with Crippen molar-refractivity contribution in [2.75, 3.05) is 6.61 Å². The molecule has 2 aromatic heterocycles. The summed E-state index contributed by atoms with van der Waals surface area (Å²) in [5.74, 6) is -1.11. The van der Waals surface area contributed by atoms with E-state index in [1.807, 2.05) is 0 Å². The van der Waals surface area contributed by atoms with Gasteiger partial charge >= 0.3 is 5.97 Å². The molecular formula is C13H10N6O3S. The number of benzene rings is 1. The van der Waals surface area contributed by atoms with Crippen molar-refractivity contribution in [3.63, 3.8) is 0 Å². The van der Waals surface area contributed by atoms with E-state index >= 15 is 0 Å². The molecule has 23 heavy (non-hydrogen) atoms. The number of fused-ring (bicyclic) bond motifs is 1. The van der Waals surface area contributed by atoms with E-state index in [4.69, 9.17) is 4.74 Å². The molecule has 0 aliphatic heterocycles. The van der Waals surface area contributed by atoms with Gasteiger partial charge in [-0.15, -0.1) is 10.2 Å². The Morgan fingerprint density at radius 1 is 1.26 bits per heavy atom. The Morgan fingerprint density at radius 2 is 2.04 bits per heavy atom. The van der Waals surface area contributed by atoms with Crippen LogP contribution in [-0.4, -0.2) is 42.9 Å². The summed E-state index contributed by atoms with van der Waals surface area (Å²) < 4.78 is 9.83. The van der Waals surface area contributed by atoms with Crippen LogP contribution in [0.25, 0.3) is 5.65 Å². The molecule has 0 fully saturated rings. The maximum atomic E-state index is 12.1. The minimum absolute atomic E-state index is 0.0734. The summed E-state index contributed by atoms with van der Waals surface area (Å²) in [5, 5.41) is 11.3. The number of hydrogen-bond acceptors (Lipinski definition) is 8. The van der Waals surface area contributed by atoms with Crippen molar-refractivity contribution < 1.29 is 14.3 Å². The molecule has 0 aliphatic rings. The third kappa shape index (κ3) is 2.97. The molecular weight excluding hydrogens is 320 g/mol. The predicted octanol–water partition coefficient (Wildman–Crippen LogP) is 0.499. The molecule has 1 amide bonds. The summed E-state index contributed by atoms with van der Waals surface area (Å²) in [6, 6.07) is 8.57. The number of hydrogen-bond donors (Lipinski definition) is 0. The highest BCUT2D eigenvalue weighted by Gasteiger charge is 2.19. The molecule has 0 bridgehead atoms. The quantitative estimate of drug-likeness (QED) is 0.643. The van der Waals surface area contributed by atoms with Gasteiger partial charge in [0.05, 0.1) is 6.61 Å². The van der Waals surface area contributed by atoms with Crippen LogP contribution >= 0.6 is 11.5 Å². The molecule has 0 unspecified atom stereocenters. The lowest BCUT2D eigenvalue weighted by Crippen LogP contribution is -2.17. The van der Waals surface area contributed by atoms with Gasteiger partial charge < -0.3 is 4.74 Å². The van der Waals surface area contributed by atoms with Crippen molar-refractivity contribution in [3.8, 4) is 0 Å². The molecule has 0 atom stereocenters. The molecule has 0 aliphatic carbocycles. The molecule has 3 rings (SSSR count). The minimum atomic E-state index is -0.659. The van der Waals surface area contributed by atoms with Crippen molar-refractivity contribution in [2.24, 2.45) is 4.99 Å². The molecule has 0 saturated carbocycles. The van der Waals surface area contributed by atoms with Gasteiger partial charge in [-0.2, -0.15) is 9.51 Å². The van der Waals surface area contributed by atoms with Crippen molar-refractivity contribution in [2.45, 2.75) is 6.92 Å². The summed E-state index contributed by atoms with van der Waals surface area (Å²) in [4.78, 5) is 28.0. The minimum Gasteiger partial charge on any atom is -0.461 e. The maximum Gasteiger partial charge on any atom is 0.362 e. The third-order valence-electron chi connectivity index (χ3n) is 2.77. The molecule has 9 nitrogen and oxygen atoms in total. The van der Waals surface area contributed by atoms with E-state index in [1.165, 1.54) is 4.52 Å². The summed E-state index contributed by atoms with van der Waals surface area (Å²) in [7, 11) is 0. The van der Waals surface area contributed by atoms with Crippen LogP contribution < -0.4 is 4.80 Å². The van der Waals surface area contributed by atoms with Gasteiger partial charge in [-0.05, 0) is 19.1 Å². The van der Waals surface area contributed by atoms with Crippen LogP contribution in [0.5, 0.6) is 0 Å². The number of ether oxygens (including phenoxy) is 1. The number of esters is 1. The van der Waals surface area contributed by atoms with E-state index in [9.17, 15) is 9.59 Å². The fourth-order valence-corrected chi connectivity index (χ4v) is 2.28. The summed E-state index contributed by atoms with van der Waals surface area (Å²) in [6.45, 7) is 1.88. The van der Waals surface area contributed by atoms with E-state index in [1.54, 1.807) is 37.3 Å². The summed E-state index contributed by atoms with van der Waals surface area (Å²) >= 11 is 0.863. The van der Waals surface area contributed by atoms with Crippen LogP contribution in [-0.2, 0) is 4.74 Å². The first-order valence-electron chi connectivity index (χ1n) is 6.60. The lowest BCUT2D eigenvalue weighted by molar-refractivity contribution is 0.0521. The monoisotopic (exact) mass is 330 g/mol. The number of carbonyl (C=O) groups excluding carboxylic acids is 2. The Kier molecular flexibility index (Phi) is 4.15. The van der Waals surface area contributed by atoms with Crippen molar-refractivity contribution in [3.05, 3.63) is 46.4 Å². The fourth-order valence-electron chi connectivity index (χ4n) is 1.76. The molecule has 10 heteroatoms. The first kappa shape index (κ1) is 14.9. The van der Waals surface area contributed by atoms with Crippen LogP contribution in [0.4, 0.5) is 0 Å². The zero-order valence-electron chi connectivity index (χ0n) is 11.9. The Hall–Kier alpha value is -3.01. The van der Waals surface area contributed by atoms with Crippen molar-refractivity contribution in [1.29, 1.82) is 0 Å². The van der Waals surface area contributed by atoms with Gasteiger partial charge in [-0.1, -0.05) is 27.9 Å². The molecule has 0 radical (unpaired) electrons. The van der Waals surface area contributed by atoms with E-state index in [0.717, 1.165) is 11.5 Å². The molecule has 0 saturated heterocycles. The Bertz CT molecular complexity index is 934. The Labute approximate surface area is 133 Å². The van der Waals surface area contributed by atoms with Crippen molar-refractivity contribution >= 4 is 29.1 Å². The van der Waals surface area contributed by atoms with Gasteiger partial charge in [0, 0.05) is 17.1 Å². The highest BCUT2D eigenvalue weighted by Crippen LogP contribution is 2.04. The SMILES string of the molecule is CCOC(=O)c1nnn2c(=NC(=O)c3ccccc3)snnc12. The normalized spacial score (nSPS) is 11.6. The molecule has 2 heterocycles. The average molecular weight is 330 g/mol. The zero-order chi connectivity index (χ0) is 16.2. The lowest BCUT2D eigenvalue weighted by Gasteiger charge is -1.96. The summed E-state index contributed by atoms with van der Waals surface area (Å²) in [5.41, 5.74) is 0.438. The van der Waals surface area contributed by atoms with Crippen LogP contribution in [0, 0.1) is 0 Å². The summed E-state index contributed by atoms with van der Waals surface area (Å²) in [6.07, 6.45) is 0. The van der Waals surface area contributed by atoms with Crippen LogP contribution in [0.3, 0.4) is 0 Å². The van der Waals surface area contributed by atoms with Crippen molar-refractivity contribution in [1.82, 2.24) is 24.4 Å². The second-order valence-electron chi connectivity index (χ2n) is 4.23. The van der Waals surface area contributed by atoms with Crippen LogP contribution in [0.15, 0.2) is 35.3 Å². The number of amides is 1. The van der Waals surface area contributed by atoms with Gasteiger partial charge in [-0.25, -0.2) is 4.79 Å². The predicted molar refractivity (Wildman–Crippen MR) is 78.7 cm³/mol. The number of aromatic nitrogens is 5. The first-order valence-corrected chi connectivity index (χ1v) is 7.37. The topological polar surface area (TPSA) is 112 Å². The maximum absolute atomic E-state index is 12.1. The Morgan fingerprint density at radius 3 is 2.78 bits per heavy atom. The zero-order valence-corrected chi connectivity index (χ0v) is 12.7. The Balaban J connectivity index is 2.07. The van der Waals surface area contributed by atoms with E-state index in [2.05, 4.69) is 24.9 Å². The van der Waals surface area contributed by atoms with Gasteiger partial charge in [0.2, 0.25) is 16.1 Å². The average Bonchev–Trinajstić information content (AvgIpc) is 3.01. The number of rotatable bonds is 3. The highest BCUT2D eigenvalue weighted by molar-refractivity contribution is 7.02. The second-order valence-corrected chi connectivity index (χ2v) is 4.94. The van der Waals surface area contributed by atoms with Crippen LogP contribution in [0.1, 0.15) is 27.8 Å². The molecule has 0 spiro atoms. The van der Waals surface area contributed by atoms with E-state index in [-0.39, 0.29) is 22.7 Å². The standard InChI is InChI=1S/C13H10N6O3S/c1-2-22-12(21)9-10-16-18-23-13(19(10)17-15-9)14-11(20)8-6-4-3-5-7-8/h3-7H,2H2,1H3. The molecule has 3 aromatic rings. The van der Waals surface area contributed by atoms with Gasteiger partial charge in [0.15, 0.2) is 0 Å². The van der Waals surface area contributed by atoms with Crippen LogP contribution in [0.2, 0.25) is 0 Å². The van der Waals surface area contributed by atoms with E-state index in [0.29, 0.717) is 5.56 Å².